The number of para-hydroxylation sites is 1. The smallest absolute Gasteiger partial charge is 0.303 e. The molecule has 0 fully saturated rings. The number of benzene rings is 2. The van der Waals surface area contributed by atoms with Crippen LogP contribution in [-0.4, -0.2) is 21.2 Å². The number of phenolic OH excluding ortho intramolecular Hbond substituents is 1. The second-order valence-electron chi connectivity index (χ2n) is 10.9. The van der Waals surface area contributed by atoms with Crippen LogP contribution in [0.15, 0.2) is 36.4 Å². The van der Waals surface area contributed by atoms with Crippen LogP contribution in [0, 0.1) is 6.92 Å². The number of hydrogen-bond donors (Lipinski definition) is 3. The number of aromatic hydroxyl groups is 1. The number of carboxylic acid groups (broad SMARTS) is 1. The van der Waals surface area contributed by atoms with Crippen LogP contribution in [0.2, 0.25) is 0 Å². The van der Waals surface area contributed by atoms with Crippen LogP contribution >= 0.6 is 0 Å². The maximum Gasteiger partial charge on any atom is 0.303 e. The number of aliphatic carboxylic acids is 1. The molecule has 0 bridgehead atoms. The first-order valence-electron chi connectivity index (χ1n) is 11.9. The summed E-state index contributed by atoms with van der Waals surface area (Å²) in [6.07, 6.45) is 1.53. The molecular weight excluding hydrogens is 424 g/mol. The summed E-state index contributed by atoms with van der Waals surface area (Å²) in [6.45, 7) is 16.4. The number of pyridine rings is 1. The van der Waals surface area contributed by atoms with Gasteiger partial charge in [-0.25, -0.2) is 0 Å². The summed E-state index contributed by atoms with van der Waals surface area (Å²) < 4.78 is 0. The highest BCUT2D eigenvalue weighted by Crippen LogP contribution is 2.40. The summed E-state index contributed by atoms with van der Waals surface area (Å²) in [5.74, 6) is -0.461. The predicted molar refractivity (Wildman–Crippen MR) is 142 cm³/mol. The van der Waals surface area contributed by atoms with Gasteiger partial charge < -0.3 is 15.9 Å². The van der Waals surface area contributed by atoms with Crippen molar-refractivity contribution in [1.29, 1.82) is 0 Å². The van der Waals surface area contributed by atoms with E-state index < -0.39 is 5.97 Å². The maximum absolute atomic E-state index is 10.8. The fourth-order valence-corrected chi connectivity index (χ4v) is 3.96. The van der Waals surface area contributed by atoms with Gasteiger partial charge in [0.2, 0.25) is 0 Å². The molecule has 0 saturated carbocycles. The molecule has 34 heavy (non-hydrogen) atoms. The van der Waals surface area contributed by atoms with Crippen molar-refractivity contribution in [3.8, 4) is 5.75 Å². The molecule has 1 aromatic heterocycles. The van der Waals surface area contributed by atoms with Crippen molar-refractivity contribution < 1.29 is 15.0 Å². The van der Waals surface area contributed by atoms with E-state index in [2.05, 4.69) is 53.5 Å². The molecule has 5 nitrogen and oxygen atoms in total. The van der Waals surface area contributed by atoms with E-state index in [1.807, 2.05) is 43.3 Å². The molecular formula is C29H40N2O3. The molecule has 4 N–H and O–H groups in total. The lowest BCUT2D eigenvalue weighted by Gasteiger charge is -2.28. The number of carbonyl (C=O) groups is 1. The number of anilines is 1. The number of nitrogen functional groups attached to an aromatic ring is 1. The Bertz CT molecular complexity index is 1130. The van der Waals surface area contributed by atoms with Crippen LogP contribution < -0.4 is 5.73 Å². The van der Waals surface area contributed by atoms with Crippen molar-refractivity contribution in [3.05, 3.63) is 64.3 Å². The molecule has 0 aliphatic rings. The number of rotatable bonds is 4. The Morgan fingerprint density at radius 1 is 1.00 bits per heavy atom. The van der Waals surface area contributed by atoms with Gasteiger partial charge in [0.1, 0.15) is 5.75 Å². The van der Waals surface area contributed by atoms with Gasteiger partial charge in [0.25, 0.3) is 0 Å². The fourth-order valence-electron chi connectivity index (χ4n) is 3.96. The molecule has 3 aromatic rings. The molecule has 0 unspecified atom stereocenters. The number of phenols is 1. The van der Waals surface area contributed by atoms with Crippen LogP contribution in [0.1, 0.15) is 82.8 Å². The molecule has 3 rings (SSSR count). The molecule has 0 aliphatic carbocycles. The van der Waals surface area contributed by atoms with Gasteiger partial charge in [0, 0.05) is 23.2 Å². The van der Waals surface area contributed by atoms with Crippen LogP contribution in [0.4, 0.5) is 5.69 Å². The van der Waals surface area contributed by atoms with E-state index in [1.165, 1.54) is 0 Å². The SMILES string of the molecule is CC(C)(C)c1cc(CCC(=O)O)cc(C(C)(C)C)c1O.CCc1nc2ccccc2c(N)c1C. The van der Waals surface area contributed by atoms with Crippen LogP contribution in [0.5, 0.6) is 5.75 Å². The Morgan fingerprint density at radius 2 is 1.53 bits per heavy atom. The molecule has 2 aromatic carbocycles. The van der Waals surface area contributed by atoms with Gasteiger partial charge in [-0.15, -0.1) is 0 Å². The summed E-state index contributed by atoms with van der Waals surface area (Å²) >= 11 is 0. The second-order valence-corrected chi connectivity index (χ2v) is 10.9. The van der Waals surface area contributed by atoms with E-state index in [1.54, 1.807) is 0 Å². The van der Waals surface area contributed by atoms with Gasteiger partial charge in [0.15, 0.2) is 0 Å². The highest BCUT2D eigenvalue weighted by molar-refractivity contribution is 5.91. The van der Waals surface area contributed by atoms with Crippen molar-refractivity contribution in [2.45, 2.75) is 85.5 Å². The molecule has 0 atom stereocenters. The third-order valence-electron chi connectivity index (χ3n) is 6.03. The standard InChI is InChI=1S/C17H26O3.C12H14N2/c1-16(2,3)12-9-11(7-8-14(18)19)10-13(15(12)20)17(4,5)6;1-3-10-8(2)12(13)9-6-4-5-7-11(9)14-10/h9-10,20H,7-8H2,1-6H3,(H,18,19);4-7H,3H2,1-2H3,(H2,13,14). The van der Waals surface area contributed by atoms with E-state index >= 15 is 0 Å². The second kappa shape index (κ2) is 10.5. The monoisotopic (exact) mass is 464 g/mol. The highest BCUT2D eigenvalue weighted by Gasteiger charge is 2.26. The molecule has 0 spiro atoms. The van der Waals surface area contributed by atoms with Crippen molar-refractivity contribution in [2.24, 2.45) is 0 Å². The van der Waals surface area contributed by atoms with Crippen molar-refractivity contribution in [1.82, 2.24) is 4.98 Å². The Kier molecular flexibility index (Phi) is 8.35. The summed E-state index contributed by atoms with van der Waals surface area (Å²) in [7, 11) is 0. The molecule has 0 amide bonds. The first-order valence-corrected chi connectivity index (χ1v) is 11.9. The lowest BCUT2D eigenvalue weighted by molar-refractivity contribution is -0.136. The topological polar surface area (TPSA) is 96.4 Å². The first-order chi connectivity index (χ1) is 15.7. The number of aryl methyl sites for hydroxylation is 2. The minimum absolute atomic E-state index is 0.109. The first kappa shape index (κ1) is 27.2. The van der Waals surface area contributed by atoms with Crippen LogP contribution in [0.25, 0.3) is 10.9 Å². The van der Waals surface area contributed by atoms with Gasteiger partial charge in [-0.3, -0.25) is 9.78 Å². The molecule has 0 radical (unpaired) electrons. The molecule has 0 saturated heterocycles. The van der Waals surface area contributed by atoms with Gasteiger partial charge in [-0.2, -0.15) is 0 Å². The average molecular weight is 465 g/mol. The van der Waals surface area contributed by atoms with Gasteiger partial charge >= 0.3 is 5.97 Å². The normalized spacial score (nSPS) is 11.8. The van der Waals surface area contributed by atoms with Gasteiger partial charge in [-0.1, -0.05) is 78.8 Å². The highest BCUT2D eigenvalue weighted by atomic mass is 16.4. The maximum atomic E-state index is 10.8. The van der Waals surface area contributed by atoms with Crippen molar-refractivity contribution >= 4 is 22.6 Å². The van der Waals surface area contributed by atoms with Crippen molar-refractivity contribution in [2.75, 3.05) is 5.73 Å². The summed E-state index contributed by atoms with van der Waals surface area (Å²) in [4.78, 5) is 15.3. The Hall–Kier alpha value is -3.08. The number of nitrogens with zero attached hydrogens (tertiary/aromatic N) is 1. The Labute approximate surface area is 204 Å². The molecule has 0 aliphatic heterocycles. The van der Waals surface area contributed by atoms with Gasteiger partial charge in [-0.05, 0) is 58.9 Å². The number of fused-ring (bicyclic) bond motifs is 1. The van der Waals surface area contributed by atoms with Crippen molar-refractivity contribution in [3.63, 3.8) is 0 Å². The number of hydrogen-bond acceptors (Lipinski definition) is 4. The van der Waals surface area contributed by atoms with E-state index in [9.17, 15) is 9.90 Å². The van der Waals surface area contributed by atoms with Gasteiger partial charge in [0.05, 0.1) is 5.52 Å². The minimum Gasteiger partial charge on any atom is -0.507 e. The van der Waals surface area contributed by atoms with E-state index in [-0.39, 0.29) is 17.3 Å². The van der Waals surface area contributed by atoms with E-state index in [4.69, 9.17) is 10.8 Å². The zero-order chi connectivity index (χ0) is 25.8. The Morgan fingerprint density at radius 3 is 2.00 bits per heavy atom. The fraction of sp³-hybridized carbons (Fsp3) is 0.448. The lowest BCUT2D eigenvalue weighted by Crippen LogP contribution is -2.18. The minimum atomic E-state index is -0.798. The zero-order valence-electron chi connectivity index (χ0n) is 21.9. The van der Waals surface area contributed by atoms with Crippen LogP contribution in [-0.2, 0) is 28.5 Å². The third kappa shape index (κ3) is 6.49. The summed E-state index contributed by atoms with van der Waals surface area (Å²) in [5.41, 5.74) is 12.5. The summed E-state index contributed by atoms with van der Waals surface area (Å²) in [6, 6.07) is 11.9. The lowest BCUT2D eigenvalue weighted by atomic mass is 9.78. The largest absolute Gasteiger partial charge is 0.507 e. The number of aromatic nitrogens is 1. The molecule has 1 heterocycles. The Balaban J connectivity index is 0.000000254. The predicted octanol–water partition coefficient (Wildman–Crippen LogP) is 6.69. The quantitative estimate of drug-likeness (QED) is 0.399. The number of carboxylic acids is 1. The van der Waals surface area contributed by atoms with E-state index in [0.29, 0.717) is 12.2 Å². The zero-order valence-corrected chi connectivity index (χ0v) is 21.9. The van der Waals surface area contributed by atoms with Crippen LogP contribution in [0.3, 0.4) is 0 Å². The third-order valence-corrected chi connectivity index (χ3v) is 6.03. The number of nitrogens with two attached hydrogens (primary N) is 1. The summed E-state index contributed by atoms with van der Waals surface area (Å²) in [5, 5.41) is 20.4. The molecule has 184 valence electrons. The average Bonchev–Trinajstić information content (AvgIpc) is 2.74. The van der Waals surface area contributed by atoms with E-state index in [0.717, 1.165) is 51.0 Å². The molecule has 5 heteroatoms.